The first-order valence-electron chi connectivity index (χ1n) is 5.84. The number of nitrogens with zero attached hydrogens (tertiary/aromatic N) is 2. The molecule has 0 radical (unpaired) electrons. The van der Waals surface area contributed by atoms with Crippen molar-refractivity contribution in [1.82, 2.24) is 10.3 Å². The van der Waals surface area contributed by atoms with Crippen molar-refractivity contribution < 1.29 is 9.90 Å². The molecule has 1 aromatic rings. The van der Waals surface area contributed by atoms with Gasteiger partial charge in [-0.25, -0.2) is 0 Å². The number of aromatic nitrogens is 1. The van der Waals surface area contributed by atoms with Crippen LogP contribution < -0.4 is 10.6 Å². The fourth-order valence-electron chi connectivity index (χ4n) is 1.62. The molecule has 1 aliphatic heterocycles. The van der Waals surface area contributed by atoms with Crippen LogP contribution in [0.1, 0.15) is 23.7 Å². The molecular weight excluding hydrogens is 232 g/mol. The van der Waals surface area contributed by atoms with E-state index in [-0.39, 0.29) is 5.78 Å². The zero-order chi connectivity index (χ0) is 13.0. The van der Waals surface area contributed by atoms with Crippen molar-refractivity contribution in [3.05, 3.63) is 24.0 Å². The third-order valence-electron chi connectivity index (χ3n) is 2.64. The number of hydrogen-bond acceptors (Lipinski definition) is 6. The second-order valence-corrected chi connectivity index (χ2v) is 4.20. The molecule has 6 nitrogen and oxygen atoms in total. The minimum Gasteiger partial charge on any atom is -0.391 e. The molecule has 96 valence electrons. The lowest BCUT2D eigenvalue weighted by molar-refractivity contribution is 0.101. The minimum atomic E-state index is -0.404. The molecule has 0 aromatic carbocycles. The molecule has 0 unspecified atom stereocenters. The predicted molar refractivity (Wildman–Crippen MR) is 68.8 cm³/mol. The third-order valence-corrected chi connectivity index (χ3v) is 2.64. The van der Waals surface area contributed by atoms with Crippen LogP contribution >= 0.6 is 0 Å². The van der Waals surface area contributed by atoms with Gasteiger partial charge in [0, 0.05) is 18.3 Å². The molecule has 3 N–H and O–H groups in total. The van der Waals surface area contributed by atoms with E-state index in [4.69, 9.17) is 0 Å². The molecule has 2 heterocycles. The molecule has 18 heavy (non-hydrogen) atoms. The van der Waals surface area contributed by atoms with Crippen LogP contribution in [0, 0.1) is 0 Å². The zero-order valence-corrected chi connectivity index (χ0v) is 10.2. The molecule has 1 aromatic heterocycles. The van der Waals surface area contributed by atoms with E-state index in [2.05, 4.69) is 20.6 Å². The number of hydrogen-bond donors (Lipinski definition) is 3. The van der Waals surface area contributed by atoms with E-state index in [1.54, 1.807) is 12.3 Å². The lowest BCUT2D eigenvalue weighted by Crippen LogP contribution is -2.30. The average molecular weight is 248 g/mol. The van der Waals surface area contributed by atoms with Crippen LogP contribution in [-0.4, -0.2) is 41.0 Å². The van der Waals surface area contributed by atoms with Crippen molar-refractivity contribution in [3.63, 3.8) is 0 Å². The van der Waals surface area contributed by atoms with E-state index < -0.39 is 6.10 Å². The largest absolute Gasteiger partial charge is 0.391 e. The average Bonchev–Trinajstić information content (AvgIpc) is 2.55. The number of aliphatic imine (C=N–C) groups is 1. The van der Waals surface area contributed by atoms with Gasteiger partial charge in [-0.15, -0.1) is 0 Å². The number of Topliss-reactive ketones (excluding diaryl/α,β-unsaturated/α-hetero) is 1. The van der Waals surface area contributed by atoms with Crippen molar-refractivity contribution >= 4 is 17.4 Å². The van der Waals surface area contributed by atoms with E-state index in [1.165, 1.54) is 13.1 Å². The molecule has 0 aliphatic carbocycles. The number of guanidine groups is 1. The SMILES string of the molecule is CC(=O)c1cncc(NC2=NC[C@H](O)CCN2)c1. The first-order chi connectivity index (χ1) is 8.65. The Kier molecular flexibility index (Phi) is 3.88. The summed E-state index contributed by atoms with van der Waals surface area (Å²) in [4.78, 5) is 19.4. The number of nitrogens with one attached hydrogen (secondary N) is 2. The number of carbonyl (C=O) groups is 1. The second kappa shape index (κ2) is 5.59. The van der Waals surface area contributed by atoms with Gasteiger partial charge in [-0.3, -0.25) is 14.8 Å². The molecule has 1 aliphatic rings. The number of rotatable bonds is 2. The number of ketones is 1. The van der Waals surface area contributed by atoms with Crippen LogP contribution in [0.5, 0.6) is 0 Å². The second-order valence-electron chi connectivity index (χ2n) is 4.20. The maximum atomic E-state index is 11.2. The van der Waals surface area contributed by atoms with Gasteiger partial charge < -0.3 is 15.7 Å². The van der Waals surface area contributed by atoms with E-state index in [1.807, 2.05) is 0 Å². The topological polar surface area (TPSA) is 86.6 Å². The van der Waals surface area contributed by atoms with Crippen LogP contribution in [0.25, 0.3) is 0 Å². The van der Waals surface area contributed by atoms with Gasteiger partial charge in [0.1, 0.15) is 0 Å². The first kappa shape index (κ1) is 12.5. The summed E-state index contributed by atoms with van der Waals surface area (Å²) in [7, 11) is 0. The Labute approximate surface area is 105 Å². The Morgan fingerprint density at radius 2 is 2.39 bits per heavy atom. The zero-order valence-electron chi connectivity index (χ0n) is 10.2. The predicted octanol–water partition coefficient (Wildman–Crippen LogP) is 0.406. The molecule has 6 heteroatoms. The Bertz CT molecular complexity index is 473. The summed E-state index contributed by atoms with van der Waals surface area (Å²) in [6.07, 6.45) is 3.41. The van der Waals surface area contributed by atoms with Gasteiger partial charge in [-0.2, -0.15) is 0 Å². The monoisotopic (exact) mass is 248 g/mol. The van der Waals surface area contributed by atoms with E-state index >= 15 is 0 Å². The van der Waals surface area contributed by atoms with Crippen molar-refractivity contribution in [1.29, 1.82) is 0 Å². The summed E-state index contributed by atoms with van der Waals surface area (Å²) in [5.74, 6) is 0.561. The van der Waals surface area contributed by atoms with E-state index in [0.29, 0.717) is 36.7 Å². The van der Waals surface area contributed by atoms with E-state index in [0.717, 1.165) is 0 Å². The maximum Gasteiger partial charge on any atom is 0.195 e. The van der Waals surface area contributed by atoms with Crippen LogP contribution in [-0.2, 0) is 0 Å². The van der Waals surface area contributed by atoms with E-state index in [9.17, 15) is 9.90 Å². The van der Waals surface area contributed by atoms with Crippen LogP contribution in [0.3, 0.4) is 0 Å². The quantitative estimate of drug-likeness (QED) is 0.660. The summed E-state index contributed by atoms with van der Waals surface area (Å²) in [6, 6.07) is 1.72. The molecule has 0 bridgehead atoms. The highest BCUT2D eigenvalue weighted by molar-refractivity contribution is 5.97. The molecule has 0 fully saturated rings. The Balaban J connectivity index is 2.09. The smallest absolute Gasteiger partial charge is 0.195 e. The molecule has 0 spiro atoms. The summed E-state index contributed by atoms with van der Waals surface area (Å²) >= 11 is 0. The number of pyridine rings is 1. The number of anilines is 1. The number of aliphatic hydroxyl groups excluding tert-OH is 1. The summed E-state index contributed by atoms with van der Waals surface area (Å²) in [6.45, 7) is 2.53. The highest BCUT2D eigenvalue weighted by atomic mass is 16.3. The van der Waals surface area contributed by atoms with Crippen molar-refractivity contribution in [2.45, 2.75) is 19.4 Å². The van der Waals surface area contributed by atoms with Gasteiger partial charge in [-0.1, -0.05) is 0 Å². The Morgan fingerprint density at radius 3 is 3.17 bits per heavy atom. The summed E-state index contributed by atoms with van der Waals surface area (Å²) in [5.41, 5.74) is 1.25. The van der Waals surface area contributed by atoms with Crippen LogP contribution in [0.4, 0.5) is 5.69 Å². The summed E-state index contributed by atoms with van der Waals surface area (Å²) < 4.78 is 0. The number of aliphatic hydroxyl groups is 1. The van der Waals surface area contributed by atoms with Crippen molar-refractivity contribution in [3.8, 4) is 0 Å². The summed E-state index contributed by atoms with van der Waals surface area (Å²) in [5, 5.41) is 15.6. The van der Waals surface area contributed by atoms with Crippen molar-refractivity contribution in [2.75, 3.05) is 18.4 Å². The van der Waals surface area contributed by atoms with Crippen LogP contribution in [0.15, 0.2) is 23.5 Å². The standard InChI is InChI=1S/C12H16N4O2/c1-8(17)9-4-10(6-13-5-9)16-12-14-3-2-11(18)7-15-12/h4-6,11,18H,2-3,7H2,1H3,(H2,14,15,16)/t11-/m1/s1. The maximum absolute atomic E-state index is 11.2. The van der Waals surface area contributed by atoms with Crippen molar-refractivity contribution in [2.24, 2.45) is 4.99 Å². The molecule has 2 rings (SSSR count). The highest BCUT2D eigenvalue weighted by Gasteiger charge is 2.10. The van der Waals surface area contributed by atoms with Gasteiger partial charge in [0.2, 0.25) is 0 Å². The fourth-order valence-corrected chi connectivity index (χ4v) is 1.62. The van der Waals surface area contributed by atoms with Gasteiger partial charge in [0.05, 0.1) is 24.5 Å². The Hall–Kier alpha value is -1.95. The molecule has 0 saturated heterocycles. The third kappa shape index (κ3) is 3.27. The molecule has 0 saturated carbocycles. The van der Waals surface area contributed by atoms with Gasteiger partial charge in [0.15, 0.2) is 11.7 Å². The first-order valence-corrected chi connectivity index (χ1v) is 5.84. The fraction of sp³-hybridized carbons (Fsp3) is 0.417. The molecule has 1 atom stereocenters. The molecule has 0 amide bonds. The lowest BCUT2D eigenvalue weighted by Gasteiger charge is -2.10. The normalized spacial score (nSPS) is 19.4. The van der Waals surface area contributed by atoms with Gasteiger partial charge in [-0.05, 0) is 19.4 Å². The number of carbonyl (C=O) groups excluding carboxylic acids is 1. The lowest BCUT2D eigenvalue weighted by atomic mass is 10.2. The van der Waals surface area contributed by atoms with Crippen LogP contribution in [0.2, 0.25) is 0 Å². The van der Waals surface area contributed by atoms with Gasteiger partial charge >= 0.3 is 0 Å². The molecular formula is C12H16N4O2. The highest BCUT2D eigenvalue weighted by Crippen LogP contribution is 2.09. The van der Waals surface area contributed by atoms with Gasteiger partial charge in [0.25, 0.3) is 0 Å². The Morgan fingerprint density at radius 1 is 1.56 bits per heavy atom. The minimum absolute atomic E-state index is 0.0302.